The molecule has 7 heteroatoms. The Hall–Kier alpha value is -2.31. The van der Waals surface area contributed by atoms with Crippen molar-refractivity contribution in [3.8, 4) is 0 Å². The standard InChI is InChI=1S/C13H20N4O3/c1-8(2)5-15-11(18)7-17-12-10(13(19)20-3)4-9(14)6-16-12/h4,6,8H,5,7,14H2,1-3H3,(H,15,18)(H,16,17). The molecule has 0 fully saturated rings. The van der Waals surface area contributed by atoms with Gasteiger partial charge in [0.1, 0.15) is 11.4 Å². The lowest BCUT2D eigenvalue weighted by Crippen LogP contribution is -2.33. The minimum Gasteiger partial charge on any atom is -0.465 e. The van der Waals surface area contributed by atoms with Gasteiger partial charge in [-0.25, -0.2) is 9.78 Å². The molecule has 7 nitrogen and oxygen atoms in total. The number of ether oxygens (including phenoxy) is 1. The quantitative estimate of drug-likeness (QED) is 0.660. The molecule has 0 radical (unpaired) electrons. The Balaban J connectivity index is 2.68. The first kappa shape index (κ1) is 15.7. The first-order chi connectivity index (χ1) is 9.43. The lowest BCUT2D eigenvalue weighted by molar-refractivity contribution is -0.119. The number of methoxy groups -OCH3 is 1. The van der Waals surface area contributed by atoms with Gasteiger partial charge >= 0.3 is 5.97 Å². The Labute approximate surface area is 117 Å². The average molecular weight is 280 g/mol. The van der Waals surface area contributed by atoms with E-state index in [4.69, 9.17) is 5.73 Å². The van der Waals surface area contributed by atoms with E-state index < -0.39 is 5.97 Å². The zero-order valence-electron chi connectivity index (χ0n) is 11.9. The summed E-state index contributed by atoms with van der Waals surface area (Å²) < 4.78 is 4.64. The molecule has 110 valence electrons. The van der Waals surface area contributed by atoms with Gasteiger partial charge in [0.05, 0.1) is 25.5 Å². The number of rotatable bonds is 6. The number of hydrogen-bond acceptors (Lipinski definition) is 6. The molecule has 1 rings (SSSR count). The van der Waals surface area contributed by atoms with Gasteiger partial charge in [0.25, 0.3) is 0 Å². The Kier molecular flexibility index (Phi) is 5.76. The summed E-state index contributed by atoms with van der Waals surface area (Å²) in [6, 6.07) is 1.45. The highest BCUT2D eigenvalue weighted by atomic mass is 16.5. The van der Waals surface area contributed by atoms with E-state index in [-0.39, 0.29) is 23.8 Å². The largest absolute Gasteiger partial charge is 0.465 e. The van der Waals surface area contributed by atoms with Crippen LogP contribution >= 0.6 is 0 Å². The van der Waals surface area contributed by atoms with Crippen LogP contribution in [0.3, 0.4) is 0 Å². The summed E-state index contributed by atoms with van der Waals surface area (Å²) in [6.45, 7) is 4.63. The fourth-order valence-electron chi connectivity index (χ4n) is 1.43. The second-order valence-electron chi connectivity index (χ2n) is 4.71. The third-order valence-corrected chi connectivity index (χ3v) is 2.44. The maximum absolute atomic E-state index is 11.6. The number of esters is 1. The number of anilines is 2. The molecule has 0 bridgehead atoms. The van der Waals surface area contributed by atoms with Crippen molar-refractivity contribution >= 4 is 23.4 Å². The van der Waals surface area contributed by atoms with Gasteiger partial charge in [-0.2, -0.15) is 0 Å². The number of nitrogens with two attached hydrogens (primary N) is 1. The molecule has 1 heterocycles. The van der Waals surface area contributed by atoms with Gasteiger partial charge in [-0.3, -0.25) is 4.79 Å². The number of aromatic nitrogens is 1. The van der Waals surface area contributed by atoms with Crippen molar-refractivity contribution in [1.82, 2.24) is 10.3 Å². The van der Waals surface area contributed by atoms with Crippen LogP contribution < -0.4 is 16.4 Å². The molecule has 0 aliphatic rings. The Morgan fingerprint density at radius 1 is 1.45 bits per heavy atom. The summed E-state index contributed by atoms with van der Waals surface area (Å²) in [7, 11) is 1.27. The van der Waals surface area contributed by atoms with Gasteiger partial charge in [-0.05, 0) is 12.0 Å². The summed E-state index contributed by atoms with van der Waals surface area (Å²) in [4.78, 5) is 27.2. The van der Waals surface area contributed by atoms with Crippen LogP contribution in [-0.4, -0.2) is 37.1 Å². The molecule has 20 heavy (non-hydrogen) atoms. The number of pyridine rings is 1. The maximum atomic E-state index is 11.6. The van der Waals surface area contributed by atoms with Gasteiger partial charge in [0, 0.05) is 6.54 Å². The minimum absolute atomic E-state index is 0.0215. The van der Waals surface area contributed by atoms with Crippen molar-refractivity contribution in [2.75, 3.05) is 31.2 Å². The van der Waals surface area contributed by atoms with Crippen LogP contribution in [0.5, 0.6) is 0 Å². The van der Waals surface area contributed by atoms with E-state index in [1.165, 1.54) is 19.4 Å². The number of carbonyl (C=O) groups is 2. The SMILES string of the molecule is COC(=O)c1cc(N)cnc1NCC(=O)NCC(C)C. The molecular formula is C13H20N4O3. The summed E-state index contributed by atoms with van der Waals surface area (Å²) in [5, 5.41) is 5.56. The van der Waals surface area contributed by atoms with Crippen LogP contribution in [-0.2, 0) is 9.53 Å². The van der Waals surface area contributed by atoms with Gasteiger partial charge < -0.3 is 21.1 Å². The van der Waals surface area contributed by atoms with Crippen LogP contribution in [0.1, 0.15) is 24.2 Å². The Morgan fingerprint density at radius 3 is 2.75 bits per heavy atom. The molecule has 1 aromatic heterocycles. The van der Waals surface area contributed by atoms with Crippen LogP contribution in [0.2, 0.25) is 0 Å². The smallest absolute Gasteiger partial charge is 0.341 e. The van der Waals surface area contributed by atoms with Crippen molar-refractivity contribution in [2.24, 2.45) is 5.92 Å². The monoisotopic (exact) mass is 280 g/mol. The van der Waals surface area contributed by atoms with E-state index >= 15 is 0 Å². The molecule has 1 aromatic rings. The molecule has 0 aliphatic heterocycles. The van der Waals surface area contributed by atoms with E-state index in [1.54, 1.807) is 0 Å². The van der Waals surface area contributed by atoms with Gasteiger partial charge in [0.15, 0.2) is 0 Å². The van der Waals surface area contributed by atoms with Crippen molar-refractivity contribution in [1.29, 1.82) is 0 Å². The van der Waals surface area contributed by atoms with E-state index in [2.05, 4.69) is 20.4 Å². The number of hydrogen-bond donors (Lipinski definition) is 3. The molecule has 0 saturated heterocycles. The summed E-state index contributed by atoms with van der Waals surface area (Å²) >= 11 is 0. The molecular weight excluding hydrogens is 260 g/mol. The third-order valence-electron chi connectivity index (χ3n) is 2.44. The zero-order valence-corrected chi connectivity index (χ0v) is 11.9. The van der Waals surface area contributed by atoms with E-state index in [9.17, 15) is 9.59 Å². The molecule has 0 aromatic carbocycles. The predicted octanol–water partition coefficient (Wildman–Crippen LogP) is 0.634. The maximum Gasteiger partial charge on any atom is 0.341 e. The average Bonchev–Trinajstić information content (AvgIpc) is 2.42. The first-order valence-electron chi connectivity index (χ1n) is 6.28. The highest BCUT2D eigenvalue weighted by molar-refractivity contribution is 5.96. The summed E-state index contributed by atoms with van der Waals surface area (Å²) in [5.41, 5.74) is 6.13. The minimum atomic E-state index is -0.560. The van der Waals surface area contributed by atoms with E-state index in [1.807, 2.05) is 13.8 Å². The van der Waals surface area contributed by atoms with Crippen LogP contribution in [0, 0.1) is 5.92 Å². The van der Waals surface area contributed by atoms with Gasteiger partial charge in [-0.1, -0.05) is 13.8 Å². The molecule has 0 aliphatic carbocycles. The highest BCUT2D eigenvalue weighted by Crippen LogP contribution is 2.16. The fourth-order valence-corrected chi connectivity index (χ4v) is 1.43. The highest BCUT2D eigenvalue weighted by Gasteiger charge is 2.14. The topological polar surface area (TPSA) is 106 Å². The summed E-state index contributed by atoms with van der Waals surface area (Å²) in [6.07, 6.45) is 1.40. The molecule has 4 N–H and O–H groups in total. The number of amides is 1. The number of carbonyl (C=O) groups excluding carboxylic acids is 2. The third kappa shape index (κ3) is 4.75. The number of nitrogen functional groups attached to an aromatic ring is 1. The van der Waals surface area contributed by atoms with Gasteiger partial charge in [0.2, 0.25) is 5.91 Å². The second kappa shape index (κ2) is 7.32. The van der Waals surface area contributed by atoms with Gasteiger partial charge in [-0.15, -0.1) is 0 Å². The number of nitrogens with zero attached hydrogens (tertiary/aromatic N) is 1. The molecule has 1 amide bonds. The lowest BCUT2D eigenvalue weighted by atomic mass is 10.2. The Bertz CT molecular complexity index is 489. The van der Waals surface area contributed by atoms with E-state index in [0.29, 0.717) is 18.2 Å². The zero-order chi connectivity index (χ0) is 15.1. The normalized spacial score (nSPS) is 10.2. The van der Waals surface area contributed by atoms with Crippen molar-refractivity contribution in [2.45, 2.75) is 13.8 Å². The van der Waals surface area contributed by atoms with Crippen molar-refractivity contribution < 1.29 is 14.3 Å². The van der Waals surface area contributed by atoms with Crippen molar-refractivity contribution in [3.05, 3.63) is 17.8 Å². The van der Waals surface area contributed by atoms with Crippen LogP contribution in [0.25, 0.3) is 0 Å². The fraction of sp³-hybridized carbons (Fsp3) is 0.462. The first-order valence-corrected chi connectivity index (χ1v) is 6.28. The predicted molar refractivity (Wildman–Crippen MR) is 76.3 cm³/mol. The second-order valence-corrected chi connectivity index (χ2v) is 4.71. The van der Waals surface area contributed by atoms with Crippen LogP contribution in [0.4, 0.5) is 11.5 Å². The molecule has 0 spiro atoms. The van der Waals surface area contributed by atoms with Crippen molar-refractivity contribution in [3.63, 3.8) is 0 Å². The molecule has 0 atom stereocenters. The van der Waals surface area contributed by atoms with Crippen LogP contribution in [0.15, 0.2) is 12.3 Å². The number of nitrogens with one attached hydrogen (secondary N) is 2. The molecule has 0 unspecified atom stereocenters. The lowest BCUT2D eigenvalue weighted by Gasteiger charge is -2.11. The van der Waals surface area contributed by atoms with E-state index in [0.717, 1.165) is 0 Å². The molecule has 0 saturated carbocycles. The Morgan fingerprint density at radius 2 is 2.15 bits per heavy atom. The summed E-state index contributed by atoms with van der Waals surface area (Å²) in [5.74, 6) is -0.0898.